The minimum absolute atomic E-state index is 0.0672. The van der Waals surface area contributed by atoms with Crippen LogP contribution >= 0.6 is 0 Å². The van der Waals surface area contributed by atoms with E-state index in [0.717, 1.165) is 18.4 Å². The number of nitrogens with zero attached hydrogens (tertiary/aromatic N) is 1. The molecule has 0 saturated heterocycles. The summed E-state index contributed by atoms with van der Waals surface area (Å²) in [7, 11) is 0. The van der Waals surface area contributed by atoms with Gasteiger partial charge in [0.05, 0.1) is 12.6 Å². The Balaban J connectivity index is 1.79. The lowest BCUT2D eigenvalue weighted by atomic mass is 10.00. The second kappa shape index (κ2) is 6.71. The van der Waals surface area contributed by atoms with Crippen LogP contribution < -0.4 is 10.6 Å². The first kappa shape index (κ1) is 14.1. The molecule has 0 bridgehead atoms. The van der Waals surface area contributed by atoms with Gasteiger partial charge in [0.25, 0.3) is 0 Å². The smallest absolute Gasteiger partial charge is 0.239 e. The largest absolute Gasteiger partial charge is 0.352 e. The molecule has 104 valence electrons. The monoisotopic (exact) mass is 271 g/mol. The van der Waals surface area contributed by atoms with E-state index >= 15 is 0 Å². The van der Waals surface area contributed by atoms with Crippen molar-refractivity contribution in [1.29, 1.82) is 5.26 Å². The molecule has 1 aromatic carbocycles. The number of amides is 2. The molecule has 1 fully saturated rings. The van der Waals surface area contributed by atoms with Gasteiger partial charge in [0, 0.05) is 6.04 Å². The van der Waals surface area contributed by atoms with Crippen LogP contribution in [0.25, 0.3) is 0 Å². The highest BCUT2D eigenvalue weighted by atomic mass is 16.2. The van der Waals surface area contributed by atoms with Crippen LogP contribution in [0.3, 0.4) is 0 Å². The third-order valence-corrected chi connectivity index (χ3v) is 3.12. The van der Waals surface area contributed by atoms with Crippen molar-refractivity contribution in [3.05, 3.63) is 35.9 Å². The van der Waals surface area contributed by atoms with E-state index in [1.165, 1.54) is 0 Å². The Bertz CT molecular complexity index is 518. The summed E-state index contributed by atoms with van der Waals surface area (Å²) in [6.07, 6.45) is 2.37. The summed E-state index contributed by atoms with van der Waals surface area (Å²) in [6, 6.07) is 11.6. The minimum Gasteiger partial charge on any atom is -0.352 e. The summed E-state index contributed by atoms with van der Waals surface area (Å²) >= 11 is 0. The van der Waals surface area contributed by atoms with E-state index < -0.39 is 11.8 Å². The number of hydrogen-bond donors (Lipinski definition) is 2. The minimum atomic E-state index is -0.772. The molecular weight excluding hydrogens is 254 g/mol. The molecule has 1 aromatic rings. The third kappa shape index (κ3) is 4.39. The lowest BCUT2D eigenvalue weighted by Crippen LogP contribution is -2.40. The highest BCUT2D eigenvalue weighted by molar-refractivity contribution is 5.87. The predicted molar refractivity (Wildman–Crippen MR) is 73.4 cm³/mol. The first-order chi connectivity index (χ1) is 9.69. The third-order valence-electron chi connectivity index (χ3n) is 3.12. The molecule has 0 radical (unpaired) electrons. The molecule has 0 aromatic heterocycles. The van der Waals surface area contributed by atoms with Gasteiger partial charge in [-0.3, -0.25) is 9.59 Å². The summed E-state index contributed by atoms with van der Waals surface area (Å²) in [6.45, 7) is -0.0672. The standard InChI is InChI=1S/C15H17N3O2/c16-9-12(8-11-4-2-1-3-5-11)15(20)17-10-14(19)18-13-6-7-13/h1-5,12-13H,6-8,10H2,(H,17,20)(H,18,19). The van der Waals surface area contributed by atoms with E-state index in [2.05, 4.69) is 10.6 Å². The van der Waals surface area contributed by atoms with Gasteiger partial charge in [-0.2, -0.15) is 5.26 Å². The summed E-state index contributed by atoms with van der Waals surface area (Å²) in [4.78, 5) is 23.3. The zero-order chi connectivity index (χ0) is 14.4. The Labute approximate surface area is 118 Å². The maximum absolute atomic E-state index is 11.9. The van der Waals surface area contributed by atoms with Gasteiger partial charge in [-0.15, -0.1) is 0 Å². The molecular formula is C15H17N3O2. The van der Waals surface area contributed by atoms with Crippen LogP contribution in [0.1, 0.15) is 18.4 Å². The Morgan fingerprint density at radius 2 is 2.00 bits per heavy atom. The molecule has 1 atom stereocenters. The number of nitriles is 1. The number of rotatable bonds is 6. The fraction of sp³-hybridized carbons (Fsp3) is 0.400. The molecule has 2 amide bonds. The van der Waals surface area contributed by atoms with E-state index in [9.17, 15) is 9.59 Å². The first-order valence-electron chi connectivity index (χ1n) is 6.69. The molecule has 1 saturated carbocycles. The topological polar surface area (TPSA) is 82.0 Å². The van der Waals surface area contributed by atoms with Crippen molar-refractivity contribution in [1.82, 2.24) is 10.6 Å². The van der Waals surface area contributed by atoms with Gasteiger partial charge in [-0.1, -0.05) is 30.3 Å². The van der Waals surface area contributed by atoms with Gasteiger partial charge in [-0.25, -0.2) is 0 Å². The normalized spacial score (nSPS) is 14.9. The van der Waals surface area contributed by atoms with Crippen LogP contribution in [0.2, 0.25) is 0 Å². The number of benzene rings is 1. The molecule has 1 aliphatic carbocycles. The van der Waals surface area contributed by atoms with Crippen LogP contribution in [0.4, 0.5) is 0 Å². The Morgan fingerprint density at radius 3 is 2.60 bits per heavy atom. The van der Waals surface area contributed by atoms with Crippen LogP contribution in [0, 0.1) is 17.2 Å². The number of hydrogen-bond acceptors (Lipinski definition) is 3. The lowest BCUT2D eigenvalue weighted by Gasteiger charge is -2.10. The van der Waals surface area contributed by atoms with Crippen LogP contribution in [-0.4, -0.2) is 24.4 Å². The molecule has 1 unspecified atom stereocenters. The van der Waals surface area contributed by atoms with E-state index in [1.54, 1.807) is 0 Å². The second-order valence-electron chi connectivity index (χ2n) is 4.93. The molecule has 5 nitrogen and oxygen atoms in total. The van der Waals surface area contributed by atoms with Crippen LogP contribution in [-0.2, 0) is 16.0 Å². The van der Waals surface area contributed by atoms with Gasteiger partial charge < -0.3 is 10.6 Å². The lowest BCUT2D eigenvalue weighted by molar-refractivity contribution is -0.127. The zero-order valence-corrected chi connectivity index (χ0v) is 11.1. The molecule has 2 N–H and O–H groups in total. The Morgan fingerprint density at radius 1 is 1.30 bits per heavy atom. The summed E-state index contributed by atoms with van der Waals surface area (Å²) in [5, 5.41) is 14.4. The van der Waals surface area contributed by atoms with Gasteiger partial charge in [0.2, 0.25) is 11.8 Å². The molecule has 5 heteroatoms. The van der Waals surface area contributed by atoms with E-state index in [1.807, 2.05) is 36.4 Å². The number of carbonyl (C=O) groups is 2. The summed E-state index contributed by atoms with van der Waals surface area (Å²) < 4.78 is 0. The van der Waals surface area contributed by atoms with Gasteiger partial charge in [0.15, 0.2) is 0 Å². The van der Waals surface area contributed by atoms with Crippen molar-refractivity contribution in [3.8, 4) is 6.07 Å². The highest BCUT2D eigenvalue weighted by Gasteiger charge is 2.24. The summed E-state index contributed by atoms with van der Waals surface area (Å²) in [5.41, 5.74) is 0.927. The van der Waals surface area contributed by atoms with Gasteiger partial charge >= 0.3 is 0 Å². The Hall–Kier alpha value is -2.35. The van der Waals surface area contributed by atoms with Crippen molar-refractivity contribution in [2.45, 2.75) is 25.3 Å². The first-order valence-corrected chi connectivity index (χ1v) is 6.69. The molecule has 0 spiro atoms. The molecule has 2 rings (SSSR count). The van der Waals surface area contributed by atoms with Gasteiger partial charge in [0.1, 0.15) is 5.92 Å². The molecule has 0 heterocycles. The quantitative estimate of drug-likeness (QED) is 0.801. The Kier molecular flexibility index (Phi) is 4.72. The van der Waals surface area contributed by atoms with Crippen LogP contribution in [0.15, 0.2) is 30.3 Å². The van der Waals surface area contributed by atoms with Crippen molar-refractivity contribution in [2.24, 2.45) is 5.92 Å². The average Bonchev–Trinajstić information content (AvgIpc) is 3.27. The van der Waals surface area contributed by atoms with Crippen molar-refractivity contribution >= 4 is 11.8 Å². The van der Waals surface area contributed by atoms with Gasteiger partial charge in [-0.05, 0) is 24.8 Å². The number of carbonyl (C=O) groups excluding carboxylic acids is 2. The van der Waals surface area contributed by atoms with E-state index in [-0.39, 0.29) is 18.5 Å². The van der Waals surface area contributed by atoms with E-state index in [4.69, 9.17) is 5.26 Å². The second-order valence-corrected chi connectivity index (χ2v) is 4.93. The fourth-order valence-electron chi connectivity index (χ4n) is 1.84. The van der Waals surface area contributed by atoms with Crippen LogP contribution in [0.5, 0.6) is 0 Å². The SMILES string of the molecule is N#CC(Cc1ccccc1)C(=O)NCC(=O)NC1CC1. The predicted octanol–water partition coefficient (Wildman–Crippen LogP) is 0.764. The van der Waals surface area contributed by atoms with Crippen molar-refractivity contribution in [3.63, 3.8) is 0 Å². The van der Waals surface area contributed by atoms with E-state index in [0.29, 0.717) is 6.42 Å². The fourth-order valence-corrected chi connectivity index (χ4v) is 1.84. The maximum atomic E-state index is 11.9. The van der Waals surface area contributed by atoms with Crippen molar-refractivity contribution < 1.29 is 9.59 Å². The average molecular weight is 271 g/mol. The summed E-state index contributed by atoms with van der Waals surface area (Å²) in [5.74, 6) is -1.37. The molecule has 0 aliphatic heterocycles. The zero-order valence-electron chi connectivity index (χ0n) is 11.1. The number of nitrogens with one attached hydrogen (secondary N) is 2. The maximum Gasteiger partial charge on any atom is 0.239 e. The van der Waals surface area contributed by atoms with Crippen molar-refractivity contribution in [2.75, 3.05) is 6.54 Å². The molecule has 20 heavy (non-hydrogen) atoms. The molecule has 1 aliphatic rings. The highest BCUT2D eigenvalue weighted by Crippen LogP contribution is 2.18.